The lowest BCUT2D eigenvalue weighted by Gasteiger charge is -2.07. The molecule has 2 nitrogen and oxygen atoms in total. The minimum Gasteiger partial charge on any atom is -0.497 e. The number of ether oxygens (including phenoxy) is 1. The van der Waals surface area contributed by atoms with E-state index in [2.05, 4.69) is 0 Å². The zero-order valence-electron chi connectivity index (χ0n) is 10.3. The molecule has 19 heavy (non-hydrogen) atoms. The highest BCUT2D eigenvalue weighted by Crippen LogP contribution is 2.40. The topological polar surface area (TPSA) is 26.3 Å². The fraction of sp³-hybridized carbons (Fsp3) is 0.133. The van der Waals surface area contributed by atoms with Gasteiger partial charge in [0.1, 0.15) is 5.75 Å². The quantitative estimate of drug-likeness (QED) is 0.786. The minimum atomic E-state index is 0.0771. The number of methoxy groups -OCH3 is 1. The predicted octanol–water partition coefficient (Wildman–Crippen LogP) is 4.24. The van der Waals surface area contributed by atoms with Crippen LogP contribution in [0, 0.1) is 0 Å². The van der Waals surface area contributed by atoms with Crippen molar-refractivity contribution >= 4 is 29.1 Å². The second-order valence-corrected chi connectivity index (χ2v) is 5.77. The van der Waals surface area contributed by atoms with Crippen LogP contribution in [-0.2, 0) is 6.42 Å². The number of carbonyl (C=O) groups is 1. The first-order valence-electron chi connectivity index (χ1n) is 5.85. The maximum atomic E-state index is 12.4. The van der Waals surface area contributed by atoms with Gasteiger partial charge < -0.3 is 4.74 Å². The van der Waals surface area contributed by atoms with Crippen molar-refractivity contribution in [3.05, 3.63) is 52.5 Å². The lowest BCUT2D eigenvalue weighted by Crippen LogP contribution is -2.04. The number of benzene rings is 2. The second-order valence-electron chi connectivity index (χ2n) is 4.28. The van der Waals surface area contributed by atoms with Crippen LogP contribution in [-0.4, -0.2) is 12.9 Å². The molecule has 2 aromatic carbocycles. The van der Waals surface area contributed by atoms with Crippen LogP contribution in [0.1, 0.15) is 15.9 Å². The Bertz CT molecular complexity index is 667. The van der Waals surface area contributed by atoms with E-state index in [1.807, 2.05) is 30.3 Å². The minimum absolute atomic E-state index is 0.0771. The van der Waals surface area contributed by atoms with Crippen LogP contribution in [0.3, 0.4) is 0 Å². The van der Waals surface area contributed by atoms with Crippen molar-refractivity contribution in [2.24, 2.45) is 0 Å². The number of halogens is 1. The van der Waals surface area contributed by atoms with E-state index < -0.39 is 0 Å². The monoisotopic (exact) mass is 290 g/mol. The van der Waals surface area contributed by atoms with Crippen LogP contribution in [0.2, 0.25) is 5.02 Å². The molecule has 0 fully saturated rings. The highest BCUT2D eigenvalue weighted by Gasteiger charge is 2.22. The van der Waals surface area contributed by atoms with Crippen molar-refractivity contribution in [2.45, 2.75) is 16.2 Å². The van der Waals surface area contributed by atoms with Crippen molar-refractivity contribution in [3.8, 4) is 5.75 Å². The predicted molar refractivity (Wildman–Crippen MR) is 76.6 cm³/mol. The van der Waals surface area contributed by atoms with Crippen LogP contribution in [0.25, 0.3) is 0 Å². The molecule has 0 N–H and O–H groups in total. The first kappa shape index (κ1) is 12.6. The summed E-state index contributed by atoms with van der Waals surface area (Å²) in [5.74, 6) is 0.776. The Hall–Kier alpha value is -1.45. The van der Waals surface area contributed by atoms with Crippen molar-refractivity contribution in [2.75, 3.05) is 7.11 Å². The molecule has 1 heterocycles. The van der Waals surface area contributed by atoms with Crippen molar-refractivity contribution < 1.29 is 9.53 Å². The summed E-state index contributed by atoms with van der Waals surface area (Å²) in [4.78, 5) is 14.4. The van der Waals surface area contributed by atoms with Gasteiger partial charge in [0.05, 0.1) is 7.11 Å². The summed E-state index contributed by atoms with van der Waals surface area (Å²) in [5, 5.41) is 0.651. The molecule has 0 spiro atoms. The molecule has 1 aliphatic rings. The van der Waals surface area contributed by atoms with E-state index in [1.54, 1.807) is 24.9 Å². The molecule has 3 rings (SSSR count). The maximum Gasteiger partial charge on any atom is 0.168 e. The molecule has 0 saturated carbocycles. The van der Waals surface area contributed by atoms with Gasteiger partial charge in [-0.25, -0.2) is 0 Å². The number of ketones is 1. The summed E-state index contributed by atoms with van der Waals surface area (Å²) < 4.78 is 5.18. The molecule has 0 unspecified atom stereocenters. The third-order valence-electron chi connectivity index (χ3n) is 3.12. The Balaban J connectivity index is 2.15. The molecule has 2 aromatic rings. The van der Waals surface area contributed by atoms with Gasteiger partial charge in [-0.1, -0.05) is 29.4 Å². The van der Waals surface area contributed by atoms with Crippen molar-refractivity contribution in [3.63, 3.8) is 0 Å². The zero-order chi connectivity index (χ0) is 13.4. The molecule has 0 radical (unpaired) electrons. The van der Waals surface area contributed by atoms with Gasteiger partial charge in [-0.05, 0) is 35.9 Å². The maximum absolute atomic E-state index is 12.4. The molecule has 0 bridgehead atoms. The third kappa shape index (κ3) is 2.24. The van der Waals surface area contributed by atoms with Crippen molar-refractivity contribution in [1.82, 2.24) is 0 Å². The van der Waals surface area contributed by atoms with E-state index in [1.165, 1.54) is 0 Å². The Morgan fingerprint density at radius 3 is 2.84 bits per heavy atom. The van der Waals surface area contributed by atoms with Crippen LogP contribution < -0.4 is 4.74 Å². The molecular formula is C15H11ClO2S. The first-order chi connectivity index (χ1) is 9.19. The molecule has 96 valence electrons. The Kier molecular flexibility index (Phi) is 3.25. The fourth-order valence-electron chi connectivity index (χ4n) is 2.12. The largest absolute Gasteiger partial charge is 0.497 e. The van der Waals surface area contributed by atoms with Crippen LogP contribution in [0.15, 0.2) is 46.2 Å². The SMILES string of the molecule is COc1ccc2c(c1)C(=O)Cc1c(Cl)cccc1S2. The third-order valence-corrected chi connectivity index (χ3v) is 4.65. The second kappa shape index (κ2) is 4.91. The highest BCUT2D eigenvalue weighted by atomic mass is 35.5. The average Bonchev–Trinajstić information content (AvgIpc) is 2.56. The molecule has 1 aliphatic heterocycles. The number of hydrogen-bond donors (Lipinski definition) is 0. The standard InChI is InChI=1S/C15H11ClO2S/c1-18-9-5-6-15-11(7-9)13(17)8-10-12(16)3-2-4-14(10)19-15/h2-7H,8H2,1H3. The molecule has 0 aliphatic carbocycles. The van der Waals surface area contributed by atoms with E-state index in [-0.39, 0.29) is 5.78 Å². The molecule has 0 saturated heterocycles. The van der Waals surface area contributed by atoms with Gasteiger partial charge in [-0.2, -0.15) is 0 Å². The lowest BCUT2D eigenvalue weighted by molar-refractivity contribution is 0.0990. The summed E-state index contributed by atoms with van der Waals surface area (Å²) in [7, 11) is 1.60. The Labute approximate surface area is 120 Å². The van der Waals surface area contributed by atoms with Gasteiger partial charge in [-0.15, -0.1) is 0 Å². The van der Waals surface area contributed by atoms with Gasteiger partial charge in [0, 0.05) is 26.8 Å². The molecule has 0 amide bonds. The summed E-state index contributed by atoms with van der Waals surface area (Å²) in [6, 6.07) is 11.3. The Morgan fingerprint density at radius 2 is 2.05 bits per heavy atom. The van der Waals surface area contributed by atoms with E-state index in [9.17, 15) is 4.79 Å². The number of hydrogen-bond acceptors (Lipinski definition) is 3. The van der Waals surface area contributed by atoms with Gasteiger partial charge in [-0.3, -0.25) is 4.79 Å². The molecule has 0 atom stereocenters. The van der Waals surface area contributed by atoms with Gasteiger partial charge >= 0.3 is 0 Å². The van der Waals surface area contributed by atoms with Crippen LogP contribution in [0.4, 0.5) is 0 Å². The summed E-state index contributed by atoms with van der Waals surface area (Å²) in [6.07, 6.45) is 0.335. The van der Waals surface area contributed by atoms with E-state index in [0.717, 1.165) is 15.4 Å². The molecule has 4 heteroatoms. The van der Waals surface area contributed by atoms with Crippen molar-refractivity contribution in [1.29, 1.82) is 0 Å². The first-order valence-corrected chi connectivity index (χ1v) is 7.05. The fourth-order valence-corrected chi connectivity index (χ4v) is 3.53. The van der Waals surface area contributed by atoms with Crippen LogP contribution >= 0.6 is 23.4 Å². The van der Waals surface area contributed by atoms with E-state index in [0.29, 0.717) is 22.8 Å². The number of Topliss-reactive ketones (excluding diaryl/α,β-unsaturated/α-hetero) is 1. The normalized spacial score (nSPS) is 13.5. The summed E-state index contributed by atoms with van der Waals surface area (Å²) >= 11 is 7.77. The van der Waals surface area contributed by atoms with Gasteiger partial charge in [0.25, 0.3) is 0 Å². The highest BCUT2D eigenvalue weighted by molar-refractivity contribution is 7.99. The Morgan fingerprint density at radius 1 is 1.21 bits per heavy atom. The number of fused-ring (bicyclic) bond motifs is 2. The number of carbonyl (C=O) groups excluding carboxylic acids is 1. The summed E-state index contributed by atoms with van der Waals surface area (Å²) in [5.41, 5.74) is 1.62. The van der Waals surface area contributed by atoms with Gasteiger partial charge in [0.15, 0.2) is 5.78 Å². The summed E-state index contributed by atoms with van der Waals surface area (Å²) in [6.45, 7) is 0. The average molecular weight is 291 g/mol. The van der Waals surface area contributed by atoms with Gasteiger partial charge in [0.2, 0.25) is 0 Å². The van der Waals surface area contributed by atoms with E-state index >= 15 is 0 Å². The zero-order valence-corrected chi connectivity index (χ0v) is 11.8. The lowest BCUT2D eigenvalue weighted by atomic mass is 10.0. The molecule has 0 aromatic heterocycles. The smallest absolute Gasteiger partial charge is 0.168 e. The number of rotatable bonds is 1. The van der Waals surface area contributed by atoms with E-state index in [4.69, 9.17) is 16.3 Å². The van der Waals surface area contributed by atoms with Crippen LogP contribution in [0.5, 0.6) is 5.75 Å². The molecular weight excluding hydrogens is 280 g/mol.